The van der Waals surface area contributed by atoms with E-state index in [1.54, 1.807) is 11.3 Å². The lowest BCUT2D eigenvalue weighted by Crippen LogP contribution is -1.68. The van der Waals surface area contributed by atoms with Crippen molar-refractivity contribution in [1.29, 1.82) is 0 Å². The van der Waals surface area contributed by atoms with E-state index in [2.05, 4.69) is 25.1 Å². The number of hydrogen-bond donors (Lipinski definition) is 0. The van der Waals surface area contributed by atoms with Crippen LogP contribution < -0.4 is 0 Å². The Hall–Kier alpha value is -0.530. The van der Waals surface area contributed by atoms with Gasteiger partial charge in [0, 0.05) is 15.5 Å². The summed E-state index contributed by atoms with van der Waals surface area (Å²) in [6.07, 6.45) is 0. The van der Waals surface area contributed by atoms with Gasteiger partial charge in [0.05, 0.1) is 5.02 Å². The Bertz CT molecular complexity index is 390. The van der Waals surface area contributed by atoms with Gasteiger partial charge in [0.2, 0.25) is 0 Å². The van der Waals surface area contributed by atoms with Crippen LogP contribution in [0, 0.1) is 6.92 Å². The van der Waals surface area contributed by atoms with Crippen molar-refractivity contribution in [3.63, 3.8) is 0 Å². The maximum atomic E-state index is 5.94. The lowest BCUT2D eigenvalue weighted by molar-refractivity contribution is 1.50. The molecule has 1 aromatic carbocycles. The Morgan fingerprint density at radius 1 is 1.23 bits per heavy atom. The van der Waals surface area contributed by atoms with Gasteiger partial charge in [-0.2, -0.15) is 0 Å². The van der Waals surface area contributed by atoms with Gasteiger partial charge in [-0.25, -0.2) is 0 Å². The number of aryl methyl sites for hydroxylation is 1. The Labute approximate surface area is 88.2 Å². The van der Waals surface area contributed by atoms with Crippen molar-refractivity contribution in [2.24, 2.45) is 0 Å². The van der Waals surface area contributed by atoms with Crippen LogP contribution in [-0.4, -0.2) is 0 Å². The summed E-state index contributed by atoms with van der Waals surface area (Å²) in [6.45, 7) is 6.09. The van der Waals surface area contributed by atoms with Gasteiger partial charge in [0.25, 0.3) is 0 Å². The van der Waals surface area contributed by atoms with Crippen LogP contribution >= 0.6 is 22.9 Å². The molecule has 0 unspecified atom stereocenters. The second kappa shape index (κ2) is 4.64. The first-order chi connectivity index (χ1) is 6.27. The van der Waals surface area contributed by atoms with E-state index in [4.69, 9.17) is 11.6 Å². The van der Waals surface area contributed by atoms with Gasteiger partial charge in [-0.3, -0.25) is 0 Å². The van der Waals surface area contributed by atoms with Crippen LogP contribution in [0.25, 0.3) is 10.1 Å². The highest BCUT2D eigenvalue weighted by atomic mass is 35.5. The Morgan fingerprint density at radius 2 is 1.92 bits per heavy atom. The maximum Gasteiger partial charge on any atom is 0.0591 e. The van der Waals surface area contributed by atoms with Crippen LogP contribution in [0.15, 0.2) is 23.6 Å². The highest BCUT2D eigenvalue weighted by Crippen LogP contribution is 2.30. The van der Waals surface area contributed by atoms with Gasteiger partial charge in [0.1, 0.15) is 0 Å². The second-order valence-corrected chi connectivity index (χ2v) is 3.90. The van der Waals surface area contributed by atoms with Crippen LogP contribution in [0.5, 0.6) is 0 Å². The molecule has 0 bridgehead atoms. The Balaban J connectivity index is 0.000000396. The van der Waals surface area contributed by atoms with Crippen molar-refractivity contribution in [2.45, 2.75) is 20.8 Å². The molecule has 0 aliphatic rings. The fourth-order valence-electron chi connectivity index (χ4n) is 1.10. The number of thiophene rings is 1. The summed E-state index contributed by atoms with van der Waals surface area (Å²) in [5.74, 6) is 0. The third kappa shape index (κ3) is 2.23. The summed E-state index contributed by atoms with van der Waals surface area (Å²) in [7, 11) is 0. The molecule has 0 amide bonds. The molecule has 0 radical (unpaired) electrons. The molecule has 1 heterocycles. The fraction of sp³-hybridized carbons (Fsp3) is 0.273. The van der Waals surface area contributed by atoms with Crippen molar-refractivity contribution < 1.29 is 0 Å². The van der Waals surface area contributed by atoms with Gasteiger partial charge in [0.15, 0.2) is 0 Å². The molecule has 0 spiro atoms. The monoisotopic (exact) mass is 212 g/mol. The molecule has 0 aliphatic carbocycles. The van der Waals surface area contributed by atoms with Crippen LogP contribution in [0.4, 0.5) is 0 Å². The number of benzene rings is 1. The van der Waals surface area contributed by atoms with E-state index in [1.807, 2.05) is 19.2 Å². The fourth-order valence-corrected chi connectivity index (χ4v) is 2.37. The standard InChI is InChI=1S/C9H7ClS.C2H6/c1-6-2-3-7-8(10)5-11-9(7)4-6;1-2/h2-5H,1H3;1-2H3. The third-order valence-corrected chi connectivity index (χ3v) is 3.07. The SMILES string of the molecule is CC.Cc1ccc2c(Cl)csc2c1. The molecule has 0 atom stereocenters. The van der Waals surface area contributed by atoms with Crippen molar-refractivity contribution in [2.75, 3.05) is 0 Å². The molecule has 1 aromatic heterocycles. The molecule has 2 heteroatoms. The number of rotatable bonds is 0. The minimum absolute atomic E-state index is 0.866. The molecule has 0 N–H and O–H groups in total. The van der Waals surface area contributed by atoms with Gasteiger partial charge in [-0.05, 0) is 18.6 Å². The molecule has 0 fully saturated rings. The Morgan fingerprint density at radius 3 is 2.62 bits per heavy atom. The minimum Gasteiger partial charge on any atom is -0.142 e. The lowest BCUT2D eigenvalue weighted by atomic mass is 10.2. The van der Waals surface area contributed by atoms with E-state index in [1.165, 1.54) is 15.6 Å². The molecular weight excluding hydrogens is 200 g/mol. The summed E-state index contributed by atoms with van der Waals surface area (Å²) in [5, 5.41) is 4.01. The zero-order valence-corrected chi connectivity index (χ0v) is 9.67. The van der Waals surface area contributed by atoms with E-state index in [-0.39, 0.29) is 0 Å². The van der Waals surface area contributed by atoms with E-state index in [0.29, 0.717) is 0 Å². The van der Waals surface area contributed by atoms with Crippen molar-refractivity contribution in [3.05, 3.63) is 34.2 Å². The average Bonchev–Trinajstić information content (AvgIpc) is 2.51. The van der Waals surface area contributed by atoms with Crippen LogP contribution in [0.3, 0.4) is 0 Å². The molecule has 0 saturated heterocycles. The number of halogens is 1. The molecule has 0 saturated carbocycles. The van der Waals surface area contributed by atoms with Crippen LogP contribution in [-0.2, 0) is 0 Å². The van der Waals surface area contributed by atoms with Crippen molar-refractivity contribution >= 4 is 33.0 Å². The first-order valence-electron chi connectivity index (χ1n) is 4.41. The molecule has 2 aromatic rings. The topological polar surface area (TPSA) is 0 Å². The van der Waals surface area contributed by atoms with Gasteiger partial charge in [-0.1, -0.05) is 37.6 Å². The molecule has 13 heavy (non-hydrogen) atoms. The molecule has 0 nitrogen and oxygen atoms in total. The predicted molar refractivity (Wildman–Crippen MR) is 62.9 cm³/mol. The largest absolute Gasteiger partial charge is 0.142 e. The molecule has 0 aliphatic heterocycles. The zero-order valence-electron chi connectivity index (χ0n) is 8.10. The highest BCUT2D eigenvalue weighted by molar-refractivity contribution is 7.17. The summed E-state index contributed by atoms with van der Waals surface area (Å²) in [4.78, 5) is 0. The van der Waals surface area contributed by atoms with E-state index in [9.17, 15) is 0 Å². The summed E-state index contributed by atoms with van der Waals surface area (Å²) < 4.78 is 1.27. The quantitative estimate of drug-likeness (QED) is 0.583. The summed E-state index contributed by atoms with van der Waals surface area (Å²) >= 11 is 7.63. The van der Waals surface area contributed by atoms with Gasteiger partial charge >= 0.3 is 0 Å². The molecular formula is C11H13ClS. The predicted octanol–water partition coefficient (Wildman–Crippen LogP) is 4.89. The van der Waals surface area contributed by atoms with Crippen molar-refractivity contribution in [1.82, 2.24) is 0 Å². The van der Waals surface area contributed by atoms with Crippen LogP contribution in [0.1, 0.15) is 19.4 Å². The third-order valence-electron chi connectivity index (χ3n) is 1.68. The average molecular weight is 213 g/mol. The van der Waals surface area contributed by atoms with Crippen LogP contribution in [0.2, 0.25) is 5.02 Å². The van der Waals surface area contributed by atoms with Gasteiger partial charge < -0.3 is 0 Å². The summed E-state index contributed by atoms with van der Waals surface area (Å²) in [5.41, 5.74) is 1.29. The van der Waals surface area contributed by atoms with E-state index >= 15 is 0 Å². The second-order valence-electron chi connectivity index (χ2n) is 2.58. The zero-order chi connectivity index (χ0) is 9.84. The maximum absolute atomic E-state index is 5.94. The highest BCUT2D eigenvalue weighted by Gasteiger charge is 1.99. The smallest absolute Gasteiger partial charge is 0.0591 e. The normalized spacial score (nSPS) is 9.54. The van der Waals surface area contributed by atoms with E-state index < -0.39 is 0 Å². The summed E-state index contributed by atoms with van der Waals surface area (Å²) in [6, 6.07) is 6.32. The first-order valence-corrected chi connectivity index (χ1v) is 5.66. The molecule has 2 rings (SSSR count). The molecule has 70 valence electrons. The van der Waals surface area contributed by atoms with E-state index in [0.717, 1.165) is 5.02 Å². The number of hydrogen-bond acceptors (Lipinski definition) is 1. The van der Waals surface area contributed by atoms with Crippen molar-refractivity contribution in [3.8, 4) is 0 Å². The minimum atomic E-state index is 0.866. The van der Waals surface area contributed by atoms with Gasteiger partial charge in [-0.15, -0.1) is 11.3 Å². The number of fused-ring (bicyclic) bond motifs is 1. The first kappa shape index (κ1) is 10.6. The lowest BCUT2D eigenvalue weighted by Gasteiger charge is -1.91. The Kier molecular flexibility index (Phi) is 3.76.